The van der Waals surface area contributed by atoms with Crippen molar-refractivity contribution >= 4 is 35.5 Å². The molecule has 2 atom stereocenters. The lowest BCUT2D eigenvalue weighted by atomic mass is 9.84. The number of aliphatic carboxylic acids is 1. The molecule has 2 fully saturated rings. The Hall–Kier alpha value is -0.560. The molecule has 2 rings (SSSR count). The maximum Gasteiger partial charge on any atom is 0.317 e. The van der Waals surface area contributed by atoms with E-state index in [0.717, 1.165) is 11.5 Å². The van der Waals surface area contributed by atoms with Crippen molar-refractivity contribution in [2.45, 2.75) is 25.0 Å². The molecule has 0 radical (unpaired) electrons. The summed E-state index contributed by atoms with van der Waals surface area (Å²) in [4.78, 5) is 25.1. The first-order valence-electron chi connectivity index (χ1n) is 7.03. The number of amides is 2. The molecule has 0 aromatic rings. The summed E-state index contributed by atoms with van der Waals surface area (Å²) in [6.45, 7) is 3.43. The Morgan fingerprint density at radius 2 is 2.25 bits per heavy atom. The van der Waals surface area contributed by atoms with E-state index in [9.17, 15) is 14.7 Å². The third-order valence-electron chi connectivity index (χ3n) is 4.14. The van der Waals surface area contributed by atoms with Gasteiger partial charge in [-0.25, -0.2) is 4.79 Å². The van der Waals surface area contributed by atoms with E-state index in [4.69, 9.17) is 0 Å². The van der Waals surface area contributed by atoms with Gasteiger partial charge in [0.1, 0.15) is 0 Å². The zero-order valence-electron chi connectivity index (χ0n) is 11.8. The Kier molecular flexibility index (Phi) is 5.49. The lowest BCUT2D eigenvalue weighted by Crippen LogP contribution is -2.44. The minimum absolute atomic E-state index is 0.113. The summed E-state index contributed by atoms with van der Waals surface area (Å²) in [6.07, 6.45) is 1.13. The second-order valence-electron chi connectivity index (χ2n) is 5.36. The van der Waals surface area contributed by atoms with E-state index in [2.05, 4.69) is 5.32 Å². The number of thioether (sulfide) groups is 2. The van der Waals surface area contributed by atoms with Gasteiger partial charge in [-0.3, -0.25) is 4.79 Å². The Labute approximate surface area is 128 Å². The van der Waals surface area contributed by atoms with Crippen LogP contribution in [0.3, 0.4) is 0 Å². The van der Waals surface area contributed by atoms with Gasteiger partial charge in [-0.1, -0.05) is 6.92 Å². The van der Waals surface area contributed by atoms with Crippen molar-refractivity contribution in [3.63, 3.8) is 0 Å². The number of urea groups is 1. The van der Waals surface area contributed by atoms with E-state index in [1.54, 1.807) is 4.90 Å². The second kappa shape index (κ2) is 6.93. The van der Waals surface area contributed by atoms with Gasteiger partial charge in [-0.15, -0.1) is 0 Å². The number of carbonyl (C=O) groups is 2. The predicted molar refractivity (Wildman–Crippen MR) is 83.5 cm³/mol. The Balaban J connectivity index is 1.80. The summed E-state index contributed by atoms with van der Waals surface area (Å²) in [7, 11) is 0. The lowest BCUT2D eigenvalue weighted by molar-refractivity contribution is -0.148. The summed E-state index contributed by atoms with van der Waals surface area (Å²) in [5.41, 5.74) is -0.743. The van der Waals surface area contributed by atoms with Crippen molar-refractivity contribution in [3.8, 4) is 0 Å². The zero-order valence-corrected chi connectivity index (χ0v) is 13.4. The topological polar surface area (TPSA) is 69.6 Å². The third kappa shape index (κ3) is 3.55. The standard InChI is InChI=1S/C13H22N2O3S2/c1-2-13(11(16)17)3-4-15(9-13)12(18)14-7-10-8-19-5-6-20-10/h10H,2-9H2,1H3,(H,14,18)(H,16,17). The first kappa shape index (κ1) is 15.8. The minimum atomic E-state index is -0.783. The van der Waals surface area contributed by atoms with Gasteiger partial charge >= 0.3 is 12.0 Å². The number of nitrogens with one attached hydrogen (secondary N) is 1. The van der Waals surface area contributed by atoms with Crippen LogP contribution in [0.2, 0.25) is 0 Å². The van der Waals surface area contributed by atoms with Crippen molar-refractivity contribution in [1.29, 1.82) is 0 Å². The molecule has 2 aliphatic rings. The fourth-order valence-corrected chi connectivity index (χ4v) is 5.24. The highest BCUT2D eigenvalue weighted by Crippen LogP contribution is 2.34. The fraction of sp³-hybridized carbons (Fsp3) is 0.846. The van der Waals surface area contributed by atoms with Gasteiger partial charge in [0.05, 0.1) is 5.41 Å². The average Bonchev–Trinajstić information content (AvgIpc) is 2.92. The summed E-state index contributed by atoms with van der Waals surface area (Å²) < 4.78 is 0. The first-order valence-corrected chi connectivity index (χ1v) is 9.23. The molecule has 114 valence electrons. The molecule has 0 saturated carbocycles. The summed E-state index contributed by atoms with van der Waals surface area (Å²) in [5, 5.41) is 12.8. The maximum absolute atomic E-state index is 12.1. The number of carbonyl (C=O) groups excluding carboxylic acids is 1. The summed E-state index contributed by atoms with van der Waals surface area (Å²) >= 11 is 3.84. The van der Waals surface area contributed by atoms with E-state index in [0.29, 0.717) is 37.7 Å². The molecule has 0 aromatic heterocycles. The highest BCUT2D eigenvalue weighted by Gasteiger charge is 2.44. The van der Waals surface area contributed by atoms with Crippen LogP contribution >= 0.6 is 23.5 Å². The highest BCUT2D eigenvalue weighted by molar-refractivity contribution is 8.06. The maximum atomic E-state index is 12.1. The van der Waals surface area contributed by atoms with Gasteiger partial charge < -0.3 is 15.3 Å². The quantitative estimate of drug-likeness (QED) is 0.826. The fourth-order valence-electron chi connectivity index (χ4n) is 2.63. The van der Waals surface area contributed by atoms with Crippen molar-refractivity contribution in [2.24, 2.45) is 5.41 Å². The molecule has 2 aliphatic heterocycles. The molecular formula is C13H22N2O3S2. The van der Waals surface area contributed by atoms with Crippen LogP contribution in [0, 0.1) is 5.41 Å². The highest BCUT2D eigenvalue weighted by atomic mass is 32.2. The van der Waals surface area contributed by atoms with Gasteiger partial charge in [0.15, 0.2) is 0 Å². The Bertz CT molecular complexity index is 375. The number of hydrogen-bond donors (Lipinski definition) is 2. The molecule has 2 N–H and O–H groups in total. The Morgan fingerprint density at radius 3 is 2.80 bits per heavy atom. The van der Waals surface area contributed by atoms with Crippen LogP contribution in [0.25, 0.3) is 0 Å². The molecule has 0 bridgehead atoms. The van der Waals surface area contributed by atoms with E-state index in [-0.39, 0.29) is 6.03 Å². The second-order valence-corrected chi connectivity index (χ2v) is 7.92. The van der Waals surface area contributed by atoms with Gasteiger partial charge in [0.2, 0.25) is 0 Å². The molecule has 0 aromatic carbocycles. The van der Waals surface area contributed by atoms with E-state index in [1.165, 1.54) is 5.75 Å². The lowest BCUT2D eigenvalue weighted by Gasteiger charge is -2.25. The van der Waals surface area contributed by atoms with Crippen LogP contribution in [0.1, 0.15) is 19.8 Å². The van der Waals surface area contributed by atoms with Gasteiger partial charge in [-0.05, 0) is 12.8 Å². The number of carboxylic acids is 1. The molecule has 7 heteroatoms. The summed E-state index contributed by atoms with van der Waals surface area (Å²) in [6, 6.07) is -0.113. The summed E-state index contributed by atoms with van der Waals surface area (Å²) in [5.74, 6) is 2.64. The molecular weight excluding hydrogens is 296 g/mol. The molecule has 20 heavy (non-hydrogen) atoms. The first-order chi connectivity index (χ1) is 9.57. The monoisotopic (exact) mass is 318 g/mol. The number of carboxylic acid groups (broad SMARTS) is 1. The molecule has 0 aliphatic carbocycles. The molecule has 0 spiro atoms. The number of likely N-dealkylation sites (tertiary alicyclic amines) is 1. The zero-order chi connectivity index (χ0) is 14.6. The van der Waals surface area contributed by atoms with Crippen LogP contribution in [-0.4, -0.2) is 64.1 Å². The van der Waals surface area contributed by atoms with Crippen molar-refractivity contribution in [3.05, 3.63) is 0 Å². The number of rotatable bonds is 4. The molecule has 5 nitrogen and oxygen atoms in total. The number of nitrogens with zero attached hydrogens (tertiary/aromatic N) is 1. The average molecular weight is 318 g/mol. The van der Waals surface area contributed by atoms with Crippen molar-refractivity contribution < 1.29 is 14.7 Å². The van der Waals surface area contributed by atoms with Crippen molar-refractivity contribution in [2.75, 3.05) is 36.9 Å². The molecule has 2 amide bonds. The molecule has 2 saturated heterocycles. The third-order valence-corrected chi connectivity index (χ3v) is 6.98. The van der Waals surface area contributed by atoms with Crippen LogP contribution < -0.4 is 5.32 Å². The van der Waals surface area contributed by atoms with E-state index >= 15 is 0 Å². The van der Waals surface area contributed by atoms with Crippen LogP contribution in [-0.2, 0) is 4.79 Å². The van der Waals surface area contributed by atoms with E-state index < -0.39 is 11.4 Å². The Morgan fingerprint density at radius 1 is 1.45 bits per heavy atom. The van der Waals surface area contributed by atoms with Gasteiger partial charge in [0.25, 0.3) is 0 Å². The predicted octanol–water partition coefficient (Wildman–Crippen LogP) is 1.73. The van der Waals surface area contributed by atoms with Crippen LogP contribution in [0.15, 0.2) is 0 Å². The van der Waals surface area contributed by atoms with Crippen LogP contribution in [0.5, 0.6) is 0 Å². The minimum Gasteiger partial charge on any atom is -0.481 e. The molecule has 2 heterocycles. The number of hydrogen-bond acceptors (Lipinski definition) is 4. The van der Waals surface area contributed by atoms with Gasteiger partial charge in [0, 0.05) is 42.1 Å². The van der Waals surface area contributed by atoms with E-state index in [1.807, 2.05) is 30.4 Å². The van der Waals surface area contributed by atoms with Crippen molar-refractivity contribution in [1.82, 2.24) is 10.2 Å². The SMILES string of the molecule is CCC1(C(=O)O)CCN(C(=O)NCC2CSCCS2)C1. The van der Waals surface area contributed by atoms with Gasteiger partial charge in [-0.2, -0.15) is 23.5 Å². The molecule has 2 unspecified atom stereocenters. The van der Waals surface area contributed by atoms with Crippen LogP contribution in [0.4, 0.5) is 4.79 Å². The largest absolute Gasteiger partial charge is 0.481 e. The smallest absolute Gasteiger partial charge is 0.317 e. The normalized spacial score (nSPS) is 30.2.